The normalized spacial score (nSPS) is 10.8. The van der Waals surface area contributed by atoms with Crippen LogP contribution in [0.1, 0.15) is 12.5 Å². The molecule has 0 radical (unpaired) electrons. The van der Waals surface area contributed by atoms with E-state index in [-0.39, 0.29) is 5.75 Å². The van der Waals surface area contributed by atoms with Gasteiger partial charge in [-0.15, -0.1) is 0 Å². The van der Waals surface area contributed by atoms with Crippen LogP contribution in [-0.2, 0) is 10.1 Å². The number of hydrogen-bond donors (Lipinski definition) is 1. The first-order chi connectivity index (χ1) is 7.94. The van der Waals surface area contributed by atoms with E-state index in [0.29, 0.717) is 0 Å². The van der Waals surface area contributed by atoms with Crippen molar-refractivity contribution < 1.29 is 13.0 Å². The van der Waals surface area contributed by atoms with Gasteiger partial charge in [0.05, 0.1) is 5.75 Å². The van der Waals surface area contributed by atoms with Gasteiger partial charge in [-0.25, -0.2) is 0 Å². The van der Waals surface area contributed by atoms with Gasteiger partial charge in [0.1, 0.15) is 0 Å². The van der Waals surface area contributed by atoms with Crippen LogP contribution in [0.2, 0.25) is 0 Å². The molecule has 0 aliphatic rings. The summed E-state index contributed by atoms with van der Waals surface area (Å²) in [6.07, 6.45) is 0. The van der Waals surface area contributed by atoms with Crippen molar-refractivity contribution in [1.29, 1.82) is 0 Å². The van der Waals surface area contributed by atoms with E-state index in [2.05, 4.69) is 49.4 Å². The lowest BCUT2D eigenvalue weighted by Gasteiger charge is -1.98. The van der Waals surface area contributed by atoms with Gasteiger partial charge in [-0.05, 0) is 30.2 Å². The topological polar surface area (TPSA) is 54.4 Å². The third-order valence-corrected chi connectivity index (χ3v) is 3.10. The summed E-state index contributed by atoms with van der Waals surface area (Å²) in [6.45, 7) is 3.51. The van der Waals surface area contributed by atoms with Gasteiger partial charge in [0.25, 0.3) is 10.1 Å². The van der Waals surface area contributed by atoms with Crippen LogP contribution in [0.25, 0.3) is 10.8 Å². The zero-order chi connectivity index (χ0) is 12.9. The molecule has 4 heteroatoms. The van der Waals surface area contributed by atoms with Crippen molar-refractivity contribution in [3.05, 3.63) is 48.0 Å². The van der Waals surface area contributed by atoms with Crippen molar-refractivity contribution >= 4 is 20.9 Å². The lowest BCUT2D eigenvalue weighted by molar-refractivity contribution is 0.484. The van der Waals surface area contributed by atoms with E-state index in [1.807, 2.05) is 0 Å². The fraction of sp³-hybridized carbons (Fsp3) is 0.231. The second kappa shape index (κ2) is 5.80. The Hall–Kier alpha value is -1.39. The molecule has 0 heterocycles. The summed E-state index contributed by atoms with van der Waals surface area (Å²) in [5.41, 5.74) is 1.35. The molecular weight excluding hydrogens is 236 g/mol. The molecule has 3 nitrogen and oxygen atoms in total. The predicted molar refractivity (Wildman–Crippen MR) is 70.8 cm³/mol. The molecule has 92 valence electrons. The summed E-state index contributed by atoms with van der Waals surface area (Å²) >= 11 is 0. The fourth-order valence-electron chi connectivity index (χ4n) is 1.39. The van der Waals surface area contributed by atoms with E-state index in [9.17, 15) is 8.42 Å². The van der Waals surface area contributed by atoms with Crippen molar-refractivity contribution in [1.82, 2.24) is 0 Å². The number of aryl methyl sites for hydroxylation is 1. The van der Waals surface area contributed by atoms with E-state index < -0.39 is 10.1 Å². The first-order valence-electron chi connectivity index (χ1n) is 5.33. The minimum atomic E-state index is -3.66. The first kappa shape index (κ1) is 13.7. The molecule has 0 saturated carbocycles. The minimum absolute atomic E-state index is 0.201. The van der Waals surface area contributed by atoms with Gasteiger partial charge < -0.3 is 0 Å². The summed E-state index contributed by atoms with van der Waals surface area (Å²) in [6, 6.07) is 14.8. The average molecular weight is 252 g/mol. The summed E-state index contributed by atoms with van der Waals surface area (Å²) in [7, 11) is -3.66. The lowest BCUT2D eigenvalue weighted by atomic mass is 10.1. The highest BCUT2D eigenvalue weighted by molar-refractivity contribution is 7.85. The van der Waals surface area contributed by atoms with Crippen LogP contribution in [0.15, 0.2) is 42.5 Å². The Bertz CT molecular complexity index is 583. The zero-order valence-electron chi connectivity index (χ0n) is 9.92. The van der Waals surface area contributed by atoms with Crippen LogP contribution in [0.4, 0.5) is 0 Å². The van der Waals surface area contributed by atoms with Gasteiger partial charge in [-0.3, -0.25) is 4.55 Å². The van der Waals surface area contributed by atoms with Crippen molar-refractivity contribution in [3.63, 3.8) is 0 Å². The van der Waals surface area contributed by atoms with Crippen molar-refractivity contribution in [2.24, 2.45) is 0 Å². The maximum absolute atomic E-state index is 9.56. The molecule has 2 rings (SSSR count). The molecule has 0 aromatic heterocycles. The Morgan fingerprint density at radius 3 is 2.12 bits per heavy atom. The summed E-state index contributed by atoms with van der Waals surface area (Å²) < 4.78 is 26.9. The number of rotatable bonds is 1. The monoisotopic (exact) mass is 252 g/mol. The molecular formula is C13H16O3S. The molecule has 2 aromatic rings. The summed E-state index contributed by atoms with van der Waals surface area (Å²) in [5, 5.41) is 2.68. The Balaban J connectivity index is 0.000000209. The highest BCUT2D eigenvalue weighted by atomic mass is 32.2. The number of fused-ring (bicyclic) bond motifs is 1. The lowest BCUT2D eigenvalue weighted by Crippen LogP contribution is -1.97. The van der Waals surface area contributed by atoms with Crippen LogP contribution in [0, 0.1) is 6.92 Å². The third-order valence-electron chi connectivity index (χ3n) is 2.37. The fourth-order valence-corrected chi connectivity index (χ4v) is 1.39. The van der Waals surface area contributed by atoms with Crippen LogP contribution in [0.3, 0.4) is 0 Å². The number of benzene rings is 2. The maximum atomic E-state index is 9.56. The Morgan fingerprint density at radius 2 is 1.59 bits per heavy atom. The van der Waals surface area contributed by atoms with E-state index in [1.165, 1.54) is 23.3 Å². The largest absolute Gasteiger partial charge is 0.286 e. The van der Waals surface area contributed by atoms with Crippen LogP contribution in [-0.4, -0.2) is 18.7 Å². The SMILES string of the molecule is CCS(=O)(=O)O.Cc1cccc2ccccc12. The quantitative estimate of drug-likeness (QED) is 0.794. The Labute approximate surface area is 102 Å². The van der Waals surface area contributed by atoms with E-state index >= 15 is 0 Å². The molecule has 0 atom stereocenters. The van der Waals surface area contributed by atoms with Gasteiger partial charge in [0.15, 0.2) is 0 Å². The predicted octanol–water partition coefficient (Wildman–Crippen LogP) is 3.04. The van der Waals surface area contributed by atoms with Gasteiger partial charge in [-0.1, -0.05) is 42.5 Å². The minimum Gasteiger partial charge on any atom is -0.286 e. The van der Waals surface area contributed by atoms with E-state index in [4.69, 9.17) is 4.55 Å². The standard InChI is InChI=1S/C11H10.C2H6O3S/c1-9-5-4-7-10-6-2-3-8-11(9)10;1-2-6(3,4)5/h2-8H,1H3;2H2,1H3,(H,3,4,5). The third kappa shape index (κ3) is 4.54. The first-order valence-corrected chi connectivity index (χ1v) is 6.94. The van der Waals surface area contributed by atoms with E-state index in [0.717, 1.165) is 0 Å². The molecule has 0 spiro atoms. The molecule has 0 bridgehead atoms. The molecule has 0 fully saturated rings. The zero-order valence-corrected chi connectivity index (χ0v) is 10.7. The van der Waals surface area contributed by atoms with Gasteiger partial charge >= 0.3 is 0 Å². The summed E-state index contributed by atoms with van der Waals surface area (Å²) in [5.74, 6) is -0.201. The Kier molecular flexibility index (Phi) is 4.66. The molecule has 0 saturated heterocycles. The molecule has 0 aliphatic carbocycles. The van der Waals surface area contributed by atoms with Crippen molar-refractivity contribution in [3.8, 4) is 0 Å². The van der Waals surface area contributed by atoms with Crippen molar-refractivity contribution in [2.45, 2.75) is 13.8 Å². The van der Waals surface area contributed by atoms with Gasteiger partial charge in [-0.2, -0.15) is 8.42 Å². The van der Waals surface area contributed by atoms with Crippen molar-refractivity contribution in [2.75, 3.05) is 5.75 Å². The average Bonchev–Trinajstić information content (AvgIpc) is 2.30. The second-order valence-corrected chi connectivity index (χ2v) is 5.41. The van der Waals surface area contributed by atoms with Crippen LogP contribution in [0.5, 0.6) is 0 Å². The molecule has 0 unspecified atom stereocenters. The molecule has 2 aromatic carbocycles. The van der Waals surface area contributed by atoms with Crippen LogP contribution >= 0.6 is 0 Å². The highest BCUT2D eigenvalue weighted by Crippen LogP contribution is 2.16. The second-order valence-electron chi connectivity index (χ2n) is 3.67. The highest BCUT2D eigenvalue weighted by Gasteiger charge is 1.93. The summed E-state index contributed by atoms with van der Waals surface area (Å²) in [4.78, 5) is 0. The Morgan fingerprint density at radius 1 is 1.06 bits per heavy atom. The van der Waals surface area contributed by atoms with Crippen LogP contribution < -0.4 is 0 Å². The molecule has 17 heavy (non-hydrogen) atoms. The van der Waals surface area contributed by atoms with Gasteiger partial charge in [0, 0.05) is 0 Å². The number of hydrogen-bond acceptors (Lipinski definition) is 2. The van der Waals surface area contributed by atoms with E-state index in [1.54, 1.807) is 0 Å². The molecule has 0 amide bonds. The molecule has 0 aliphatic heterocycles. The van der Waals surface area contributed by atoms with Gasteiger partial charge in [0.2, 0.25) is 0 Å². The smallest absolute Gasteiger partial charge is 0.264 e. The maximum Gasteiger partial charge on any atom is 0.264 e. The molecule has 1 N–H and O–H groups in total.